The lowest BCUT2D eigenvalue weighted by molar-refractivity contribution is 0.290. The summed E-state index contributed by atoms with van der Waals surface area (Å²) >= 11 is 0. The summed E-state index contributed by atoms with van der Waals surface area (Å²) in [7, 11) is 0. The maximum Gasteiger partial charge on any atom is 0.00160 e. The van der Waals surface area contributed by atoms with Crippen LogP contribution < -0.4 is 0 Å². The summed E-state index contributed by atoms with van der Waals surface area (Å²) in [5.41, 5.74) is 1.45. The van der Waals surface area contributed by atoms with Crippen molar-refractivity contribution in [1.82, 2.24) is 4.90 Å². The minimum absolute atomic E-state index is 1.24. The molecule has 1 heteroatoms. The average Bonchev–Trinajstić information content (AvgIpc) is 2.32. The van der Waals surface area contributed by atoms with Gasteiger partial charge in [0, 0.05) is 6.54 Å². The highest BCUT2D eigenvalue weighted by molar-refractivity contribution is 4.93. The summed E-state index contributed by atoms with van der Waals surface area (Å²) in [4.78, 5) is 2.62. The molecule has 0 unspecified atom stereocenters. The van der Waals surface area contributed by atoms with E-state index >= 15 is 0 Å². The molecule has 0 bridgehead atoms. The lowest BCUT2D eigenvalue weighted by Gasteiger charge is -2.18. The Morgan fingerprint density at radius 1 is 1.08 bits per heavy atom. The van der Waals surface area contributed by atoms with Crippen molar-refractivity contribution in [3.63, 3.8) is 0 Å². The van der Waals surface area contributed by atoms with Crippen LogP contribution in [0.1, 0.15) is 46.0 Å². The summed E-state index contributed by atoms with van der Waals surface area (Å²) in [6.45, 7) is 8.29. The Morgan fingerprint density at radius 3 is 2.23 bits per heavy atom. The molecule has 13 heavy (non-hydrogen) atoms. The monoisotopic (exact) mass is 181 g/mol. The van der Waals surface area contributed by atoms with Gasteiger partial charge in [0.05, 0.1) is 0 Å². The Balaban J connectivity index is 2.15. The van der Waals surface area contributed by atoms with Gasteiger partial charge >= 0.3 is 0 Å². The van der Waals surface area contributed by atoms with E-state index in [0.29, 0.717) is 0 Å². The van der Waals surface area contributed by atoms with Crippen LogP contribution in [0.2, 0.25) is 0 Å². The summed E-state index contributed by atoms with van der Waals surface area (Å²) in [6, 6.07) is 0. The molecule has 0 spiro atoms. The highest BCUT2D eigenvalue weighted by Gasteiger charge is 2.06. The van der Waals surface area contributed by atoms with Crippen molar-refractivity contribution in [2.75, 3.05) is 19.6 Å². The van der Waals surface area contributed by atoms with E-state index in [1.54, 1.807) is 0 Å². The Labute approximate surface area is 82.8 Å². The summed E-state index contributed by atoms with van der Waals surface area (Å²) in [5.74, 6) is 0. The number of likely N-dealkylation sites (tertiary alicyclic amines) is 1. The van der Waals surface area contributed by atoms with Gasteiger partial charge in [0.25, 0.3) is 0 Å². The van der Waals surface area contributed by atoms with E-state index in [4.69, 9.17) is 0 Å². The molecule has 0 N–H and O–H groups in total. The molecule has 1 aliphatic rings. The maximum atomic E-state index is 2.62. The zero-order chi connectivity index (χ0) is 9.52. The third-order valence-electron chi connectivity index (χ3n) is 2.70. The molecule has 1 fully saturated rings. The molecule has 0 saturated carbocycles. The van der Waals surface area contributed by atoms with E-state index in [1.807, 2.05) is 0 Å². The van der Waals surface area contributed by atoms with Crippen LogP contribution in [0.15, 0.2) is 11.6 Å². The Hall–Kier alpha value is -0.300. The molecule has 0 aromatic carbocycles. The first-order chi connectivity index (χ1) is 6.29. The third-order valence-corrected chi connectivity index (χ3v) is 2.70. The van der Waals surface area contributed by atoms with E-state index in [2.05, 4.69) is 24.8 Å². The van der Waals surface area contributed by atoms with Crippen LogP contribution in [-0.2, 0) is 0 Å². The molecule has 76 valence electrons. The lowest BCUT2D eigenvalue weighted by Crippen LogP contribution is -2.25. The van der Waals surface area contributed by atoms with Gasteiger partial charge in [-0.2, -0.15) is 0 Å². The molecule has 0 amide bonds. The predicted molar refractivity (Wildman–Crippen MR) is 59.0 cm³/mol. The van der Waals surface area contributed by atoms with Crippen LogP contribution in [0.3, 0.4) is 0 Å². The standard InChI is InChI=1S/C12H23N/c1-12(2)8-7-11-13-9-5-3-4-6-10-13/h8H,3-7,9-11H2,1-2H3. The zero-order valence-electron chi connectivity index (χ0n) is 9.18. The minimum atomic E-state index is 1.24. The van der Waals surface area contributed by atoms with Crippen molar-refractivity contribution in [2.45, 2.75) is 46.0 Å². The van der Waals surface area contributed by atoms with Gasteiger partial charge in [-0.25, -0.2) is 0 Å². The topological polar surface area (TPSA) is 3.24 Å². The molecule has 0 aliphatic carbocycles. The van der Waals surface area contributed by atoms with Crippen molar-refractivity contribution in [3.05, 3.63) is 11.6 Å². The molecule has 1 aliphatic heterocycles. The van der Waals surface area contributed by atoms with Gasteiger partial charge < -0.3 is 4.90 Å². The molecule has 1 heterocycles. The van der Waals surface area contributed by atoms with Crippen LogP contribution >= 0.6 is 0 Å². The second-order valence-electron chi connectivity index (χ2n) is 4.33. The van der Waals surface area contributed by atoms with Gasteiger partial charge in [-0.15, -0.1) is 0 Å². The zero-order valence-corrected chi connectivity index (χ0v) is 9.18. The van der Waals surface area contributed by atoms with Crippen LogP contribution in [0, 0.1) is 0 Å². The fourth-order valence-corrected chi connectivity index (χ4v) is 1.90. The van der Waals surface area contributed by atoms with E-state index < -0.39 is 0 Å². The van der Waals surface area contributed by atoms with Crippen LogP contribution in [0.4, 0.5) is 0 Å². The molecule has 1 nitrogen and oxygen atoms in total. The molecule has 1 saturated heterocycles. The normalized spacial score (nSPS) is 19.5. The van der Waals surface area contributed by atoms with Gasteiger partial charge in [0.2, 0.25) is 0 Å². The van der Waals surface area contributed by atoms with Gasteiger partial charge in [-0.1, -0.05) is 24.5 Å². The number of hydrogen-bond donors (Lipinski definition) is 0. The van der Waals surface area contributed by atoms with Crippen LogP contribution in [0.5, 0.6) is 0 Å². The second-order valence-corrected chi connectivity index (χ2v) is 4.33. The fourth-order valence-electron chi connectivity index (χ4n) is 1.90. The highest BCUT2D eigenvalue weighted by atomic mass is 15.1. The summed E-state index contributed by atoms with van der Waals surface area (Å²) in [5, 5.41) is 0. The molecule has 0 atom stereocenters. The molecule has 0 aromatic heterocycles. The highest BCUT2D eigenvalue weighted by Crippen LogP contribution is 2.10. The quantitative estimate of drug-likeness (QED) is 0.604. The van der Waals surface area contributed by atoms with Crippen molar-refractivity contribution in [3.8, 4) is 0 Å². The van der Waals surface area contributed by atoms with Gasteiger partial charge in [-0.3, -0.25) is 0 Å². The first kappa shape index (κ1) is 10.8. The van der Waals surface area contributed by atoms with Crippen molar-refractivity contribution in [1.29, 1.82) is 0 Å². The Morgan fingerprint density at radius 2 is 1.69 bits per heavy atom. The summed E-state index contributed by atoms with van der Waals surface area (Å²) in [6.07, 6.45) is 9.30. The predicted octanol–water partition coefficient (Wildman–Crippen LogP) is 3.22. The first-order valence-electron chi connectivity index (χ1n) is 5.65. The van der Waals surface area contributed by atoms with Crippen molar-refractivity contribution in [2.24, 2.45) is 0 Å². The van der Waals surface area contributed by atoms with Gasteiger partial charge in [0.15, 0.2) is 0 Å². The molecular weight excluding hydrogens is 158 g/mol. The van der Waals surface area contributed by atoms with E-state index in [9.17, 15) is 0 Å². The van der Waals surface area contributed by atoms with Crippen LogP contribution in [0.25, 0.3) is 0 Å². The van der Waals surface area contributed by atoms with Gasteiger partial charge in [-0.05, 0) is 46.2 Å². The lowest BCUT2D eigenvalue weighted by atomic mass is 10.2. The Kier molecular flexibility index (Phi) is 5.14. The smallest absolute Gasteiger partial charge is 0.00160 e. The largest absolute Gasteiger partial charge is 0.303 e. The molecular formula is C12H23N. The number of rotatable bonds is 3. The average molecular weight is 181 g/mol. The molecule has 1 rings (SSSR count). The second kappa shape index (κ2) is 6.20. The third kappa shape index (κ3) is 5.09. The van der Waals surface area contributed by atoms with Gasteiger partial charge in [0.1, 0.15) is 0 Å². The SMILES string of the molecule is CC(C)=CCCN1CCCCCC1. The number of allylic oxidation sites excluding steroid dienone is 1. The molecule has 0 radical (unpaired) electrons. The van der Waals surface area contributed by atoms with Crippen LogP contribution in [-0.4, -0.2) is 24.5 Å². The Bertz CT molecular complexity index is 149. The van der Waals surface area contributed by atoms with E-state index in [-0.39, 0.29) is 0 Å². The van der Waals surface area contributed by atoms with E-state index in [1.165, 1.54) is 57.3 Å². The van der Waals surface area contributed by atoms with Crippen molar-refractivity contribution < 1.29 is 0 Å². The maximum absolute atomic E-state index is 2.62. The fraction of sp³-hybridized carbons (Fsp3) is 0.833. The number of hydrogen-bond acceptors (Lipinski definition) is 1. The minimum Gasteiger partial charge on any atom is -0.303 e. The van der Waals surface area contributed by atoms with E-state index in [0.717, 1.165) is 0 Å². The molecule has 0 aromatic rings. The first-order valence-corrected chi connectivity index (χ1v) is 5.65. The van der Waals surface area contributed by atoms with Crippen molar-refractivity contribution >= 4 is 0 Å². The number of nitrogens with zero attached hydrogens (tertiary/aromatic N) is 1. The summed E-state index contributed by atoms with van der Waals surface area (Å²) < 4.78 is 0.